The first-order chi connectivity index (χ1) is 9.34. The molecule has 108 valence electrons. The lowest BCUT2D eigenvalue weighted by atomic mass is 10.1. The van der Waals surface area contributed by atoms with Gasteiger partial charge in [0.1, 0.15) is 5.38 Å². The highest BCUT2D eigenvalue weighted by molar-refractivity contribution is 6.20. The van der Waals surface area contributed by atoms with E-state index < -0.39 is 28.3 Å². The molecule has 0 radical (unpaired) electrons. The summed E-state index contributed by atoms with van der Waals surface area (Å²) in [7, 11) is 0. The van der Waals surface area contributed by atoms with Gasteiger partial charge in [0.2, 0.25) is 5.89 Å². The van der Waals surface area contributed by atoms with E-state index in [1.54, 1.807) is 0 Å². The first kappa shape index (κ1) is 14.8. The zero-order valence-corrected chi connectivity index (χ0v) is 11.3. The quantitative estimate of drug-likeness (QED) is 0.795. The maximum Gasteiger partial charge on any atom is 0.418 e. The lowest BCUT2D eigenvalue weighted by molar-refractivity contribution is -0.136. The van der Waals surface area contributed by atoms with Crippen LogP contribution in [0.3, 0.4) is 0 Å². The van der Waals surface area contributed by atoms with Gasteiger partial charge in [-0.3, -0.25) is 0 Å². The number of hydrogen-bond donors (Lipinski definition) is 0. The molecule has 20 heavy (non-hydrogen) atoms. The third-order valence-electron chi connectivity index (χ3n) is 2.79. The Morgan fingerprint density at radius 3 is 2.70 bits per heavy atom. The minimum Gasteiger partial charge on any atom is -0.406 e. The van der Waals surface area contributed by atoms with Gasteiger partial charge in [-0.05, 0) is 18.6 Å². The van der Waals surface area contributed by atoms with Gasteiger partial charge in [0, 0.05) is 0 Å². The van der Waals surface area contributed by atoms with Crippen LogP contribution in [0.1, 0.15) is 36.6 Å². The molecule has 1 unspecified atom stereocenters. The number of para-hydroxylation sites is 1. The number of hydrogen-bond acceptors (Lipinski definition) is 3. The van der Waals surface area contributed by atoms with E-state index in [0.29, 0.717) is 12.8 Å². The van der Waals surface area contributed by atoms with Crippen LogP contribution in [0.5, 0.6) is 0 Å². The summed E-state index contributed by atoms with van der Waals surface area (Å²) in [6.07, 6.45) is -3.44. The van der Waals surface area contributed by atoms with E-state index >= 15 is 0 Å². The van der Waals surface area contributed by atoms with Crippen LogP contribution in [0.15, 0.2) is 27.4 Å². The highest BCUT2D eigenvalue weighted by atomic mass is 35.5. The Kier molecular flexibility index (Phi) is 4.04. The van der Waals surface area contributed by atoms with E-state index in [0.717, 1.165) is 12.1 Å². The van der Waals surface area contributed by atoms with Gasteiger partial charge in [0.15, 0.2) is 0 Å². The Morgan fingerprint density at radius 1 is 1.40 bits per heavy atom. The van der Waals surface area contributed by atoms with Crippen LogP contribution in [0.25, 0.3) is 10.9 Å². The molecule has 0 spiro atoms. The van der Waals surface area contributed by atoms with Crippen LogP contribution in [-0.4, -0.2) is 4.98 Å². The van der Waals surface area contributed by atoms with Gasteiger partial charge in [-0.15, -0.1) is 11.6 Å². The van der Waals surface area contributed by atoms with Crippen molar-refractivity contribution < 1.29 is 17.6 Å². The number of benzene rings is 1. The molecule has 2 aromatic rings. The lowest BCUT2D eigenvalue weighted by Gasteiger charge is -2.11. The van der Waals surface area contributed by atoms with Crippen molar-refractivity contribution in [2.75, 3.05) is 0 Å². The van der Waals surface area contributed by atoms with Crippen LogP contribution in [0.2, 0.25) is 0 Å². The molecule has 1 atom stereocenters. The van der Waals surface area contributed by atoms with Crippen molar-refractivity contribution in [2.45, 2.75) is 31.3 Å². The third-order valence-corrected chi connectivity index (χ3v) is 3.20. The number of aromatic nitrogens is 1. The topological polar surface area (TPSA) is 43.1 Å². The molecule has 0 N–H and O–H groups in total. The maximum atomic E-state index is 12.9. The minimum atomic E-state index is -4.59. The second kappa shape index (κ2) is 5.44. The third kappa shape index (κ3) is 2.80. The van der Waals surface area contributed by atoms with Gasteiger partial charge in [-0.2, -0.15) is 13.2 Å². The summed E-state index contributed by atoms with van der Waals surface area (Å²) < 4.78 is 43.7. The molecule has 0 bridgehead atoms. The van der Waals surface area contributed by atoms with Gasteiger partial charge >= 0.3 is 11.8 Å². The molecular formula is C13H11ClF3NO2. The second-order valence-electron chi connectivity index (χ2n) is 4.30. The molecule has 0 fully saturated rings. The Hall–Kier alpha value is -1.56. The van der Waals surface area contributed by atoms with Crippen molar-refractivity contribution in [3.8, 4) is 0 Å². The summed E-state index contributed by atoms with van der Waals surface area (Å²) in [5, 5.41) is -0.928. The number of nitrogens with zero attached hydrogens (tertiary/aromatic N) is 1. The summed E-state index contributed by atoms with van der Waals surface area (Å²) in [5.74, 6) is -0.178. The molecular weight excluding hydrogens is 295 g/mol. The number of rotatable bonds is 3. The fourth-order valence-electron chi connectivity index (χ4n) is 1.85. The molecule has 3 nitrogen and oxygen atoms in total. The van der Waals surface area contributed by atoms with Gasteiger partial charge in [0.05, 0.1) is 16.5 Å². The van der Waals surface area contributed by atoms with Crippen LogP contribution in [0.4, 0.5) is 13.2 Å². The summed E-state index contributed by atoms with van der Waals surface area (Å²) in [6, 6.07) is 3.27. The van der Waals surface area contributed by atoms with E-state index in [1.165, 1.54) is 6.07 Å². The average molecular weight is 306 g/mol. The first-order valence-electron chi connectivity index (χ1n) is 5.99. The van der Waals surface area contributed by atoms with E-state index in [9.17, 15) is 18.0 Å². The Balaban J connectivity index is 2.71. The standard InChI is InChI=1S/C13H11ClF3NO2/c1-2-4-9(14)11-18-10-7(12(19)20-11)5-3-6-8(10)13(15,16)17/h3,5-6,9H,2,4H2,1H3. The van der Waals surface area contributed by atoms with E-state index in [1.807, 2.05) is 6.92 Å². The number of halogens is 4. The number of fused-ring (bicyclic) bond motifs is 1. The molecule has 2 rings (SSSR count). The molecule has 1 aromatic carbocycles. The Labute approximate surface area is 117 Å². The normalized spacial score (nSPS) is 13.7. The van der Waals surface area contributed by atoms with Crippen LogP contribution in [0, 0.1) is 0 Å². The van der Waals surface area contributed by atoms with E-state index in [2.05, 4.69) is 4.98 Å². The molecule has 1 heterocycles. The van der Waals surface area contributed by atoms with Gasteiger partial charge in [-0.1, -0.05) is 19.4 Å². The summed E-state index contributed by atoms with van der Waals surface area (Å²) >= 11 is 5.97. The predicted molar refractivity (Wildman–Crippen MR) is 68.8 cm³/mol. The molecule has 1 aromatic heterocycles. The van der Waals surface area contributed by atoms with Crippen molar-refractivity contribution in [1.29, 1.82) is 0 Å². The van der Waals surface area contributed by atoms with Crippen LogP contribution in [-0.2, 0) is 6.18 Å². The smallest absolute Gasteiger partial charge is 0.406 e. The molecule has 0 saturated heterocycles. The van der Waals surface area contributed by atoms with Crippen molar-refractivity contribution >= 4 is 22.5 Å². The minimum absolute atomic E-state index is 0.178. The van der Waals surface area contributed by atoms with Crippen LogP contribution < -0.4 is 5.63 Å². The van der Waals surface area contributed by atoms with Gasteiger partial charge < -0.3 is 4.42 Å². The number of alkyl halides is 4. The average Bonchev–Trinajstić information content (AvgIpc) is 2.37. The van der Waals surface area contributed by atoms with E-state index in [-0.39, 0.29) is 11.3 Å². The maximum absolute atomic E-state index is 12.9. The largest absolute Gasteiger partial charge is 0.418 e. The fraction of sp³-hybridized carbons (Fsp3) is 0.385. The Bertz CT molecular complexity index is 681. The summed E-state index contributed by atoms with van der Waals surface area (Å²) in [5.41, 5.74) is -2.25. The molecule has 0 aliphatic heterocycles. The highest BCUT2D eigenvalue weighted by Gasteiger charge is 2.34. The predicted octanol–water partition coefficient (Wildman–Crippen LogP) is 4.29. The molecule has 0 aliphatic carbocycles. The highest BCUT2D eigenvalue weighted by Crippen LogP contribution is 2.34. The van der Waals surface area contributed by atoms with Crippen molar-refractivity contribution in [3.05, 3.63) is 40.1 Å². The van der Waals surface area contributed by atoms with Gasteiger partial charge in [-0.25, -0.2) is 9.78 Å². The molecule has 0 amide bonds. The lowest BCUT2D eigenvalue weighted by Crippen LogP contribution is -2.12. The summed E-state index contributed by atoms with van der Waals surface area (Å²) in [4.78, 5) is 15.6. The fourth-order valence-corrected chi connectivity index (χ4v) is 2.16. The van der Waals surface area contributed by atoms with Gasteiger partial charge in [0.25, 0.3) is 0 Å². The second-order valence-corrected chi connectivity index (χ2v) is 4.82. The zero-order valence-electron chi connectivity index (χ0n) is 10.5. The summed E-state index contributed by atoms with van der Waals surface area (Å²) in [6.45, 7) is 1.86. The van der Waals surface area contributed by atoms with Crippen molar-refractivity contribution in [1.82, 2.24) is 4.98 Å². The SMILES string of the molecule is CCCC(Cl)c1nc2c(C(F)(F)F)cccc2c(=O)o1. The monoisotopic (exact) mass is 305 g/mol. The molecule has 7 heteroatoms. The zero-order chi connectivity index (χ0) is 14.9. The molecule has 0 aliphatic rings. The van der Waals surface area contributed by atoms with Crippen molar-refractivity contribution in [3.63, 3.8) is 0 Å². The van der Waals surface area contributed by atoms with E-state index in [4.69, 9.17) is 16.0 Å². The molecule has 0 saturated carbocycles. The van der Waals surface area contributed by atoms with Crippen molar-refractivity contribution in [2.24, 2.45) is 0 Å². The Morgan fingerprint density at radius 2 is 2.10 bits per heavy atom. The van der Waals surface area contributed by atoms with Crippen LogP contribution >= 0.6 is 11.6 Å². The first-order valence-corrected chi connectivity index (χ1v) is 6.43.